The summed E-state index contributed by atoms with van der Waals surface area (Å²) < 4.78 is 9.98. The molecular formula is C24H40N2O5. The van der Waals surface area contributed by atoms with Crippen LogP contribution in [0.5, 0.6) is 0 Å². The zero-order chi connectivity index (χ0) is 22.7. The predicted octanol–water partition coefficient (Wildman–Crippen LogP) is 2.68. The highest BCUT2D eigenvalue weighted by molar-refractivity contribution is 5.78. The molecule has 1 heterocycles. The fourth-order valence-corrected chi connectivity index (χ4v) is 4.31. The van der Waals surface area contributed by atoms with Crippen LogP contribution in [-0.4, -0.2) is 35.8 Å². The topological polar surface area (TPSA) is 108 Å². The number of carboxylic acid groups (broad SMARTS) is 1. The average Bonchev–Trinajstić information content (AvgIpc) is 3.21. The molecule has 1 amide bonds. The van der Waals surface area contributed by atoms with E-state index in [1.165, 1.54) is 70.5 Å². The molecule has 2 aliphatic rings. The van der Waals surface area contributed by atoms with Gasteiger partial charge in [0, 0.05) is 6.42 Å². The number of nitrogens with one attached hydrogen (secondary N) is 1. The summed E-state index contributed by atoms with van der Waals surface area (Å²) in [6.07, 6.45) is 15.6. The summed E-state index contributed by atoms with van der Waals surface area (Å²) >= 11 is 0. The van der Waals surface area contributed by atoms with Gasteiger partial charge in [-0.25, -0.2) is 4.79 Å². The molecule has 0 unspecified atom stereocenters. The molecule has 3 rings (SSSR count). The molecule has 2 saturated carbocycles. The second-order valence-corrected chi connectivity index (χ2v) is 9.79. The number of nitrogens with two attached hydrogens (primary N) is 1. The molecule has 7 nitrogen and oxygen atoms in total. The van der Waals surface area contributed by atoms with Crippen molar-refractivity contribution in [3.63, 3.8) is 0 Å². The third-order valence-corrected chi connectivity index (χ3v) is 5.80. The van der Waals surface area contributed by atoms with E-state index in [-0.39, 0.29) is 6.42 Å². The Bertz CT molecular complexity index is 625. The van der Waals surface area contributed by atoms with E-state index in [0.717, 1.165) is 12.1 Å². The SMILES string of the molecule is C1CCC([NH2+]C2CCCCC2)CC1.CC(C)(C)OC(=O)N[C@@H](Cc1ccco1)C(=O)[O-]. The van der Waals surface area contributed by atoms with Gasteiger partial charge >= 0.3 is 6.09 Å². The number of aliphatic carboxylic acids is 1. The number of alkyl carbamates (subject to hydrolysis) is 1. The van der Waals surface area contributed by atoms with Gasteiger partial charge in [0.05, 0.1) is 30.4 Å². The number of ether oxygens (including phenoxy) is 1. The predicted molar refractivity (Wildman–Crippen MR) is 116 cm³/mol. The molecule has 1 aromatic heterocycles. The number of carbonyl (C=O) groups is 2. The third kappa shape index (κ3) is 10.7. The molecule has 3 N–H and O–H groups in total. The van der Waals surface area contributed by atoms with Gasteiger partial charge in [-0.05, 0) is 84.3 Å². The first-order valence-electron chi connectivity index (χ1n) is 11.8. The van der Waals surface area contributed by atoms with Crippen LogP contribution in [-0.2, 0) is 16.0 Å². The first-order chi connectivity index (χ1) is 14.7. The van der Waals surface area contributed by atoms with Gasteiger partial charge in [-0.1, -0.05) is 12.8 Å². The number of furan rings is 1. The Labute approximate surface area is 186 Å². The lowest BCUT2D eigenvalue weighted by atomic mass is 9.91. The zero-order valence-corrected chi connectivity index (χ0v) is 19.4. The number of hydrogen-bond donors (Lipinski definition) is 2. The minimum absolute atomic E-state index is 0.00851. The maximum atomic E-state index is 11.4. The van der Waals surface area contributed by atoms with Crippen LogP contribution in [0.25, 0.3) is 0 Å². The second kappa shape index (κ2) is 12.7. The van der Waals surface area contributed by atoms with Gasteiger partial charge in [-0.2, -0.15) is 0 Å². The molecule has 31 heavy (non-hydrogen) atoms. The summed E-state index contributed by atoms with van der Waals surface area (Å²) in [5, 5.41) is 15.9. The Kier molecular flexibility index (Phi) is 10.4. The highest BCUT2D eigenvalue weighted by Gasteiger charge is 2.23. The van der Waals surface area contributed by atoms with E-state index >= 15 is 0 Å². The van der Waals surface area contributed by atoms with E-state index in [0.29, 0.717) is 5.76 Å². The van der Waals surface area contributed by atoms with Gasteiger partial charge in [0.15, 0.2) is 0 Å². The summed E-state index contributed by atoms with van der Waals surface area (Å²) in [5.41, 5.74) is -0.689. The van der Waals surface area contributed by atoms with Gasteiger partial charge in [0.1, 0.15) is 11.4 Å². The Morgan fingerprint density at radius 3 is 2.06 bits per heavy atom. The van der Waals surface area contributed by atoms with Crippen LogP contribution in [0.4, 0.5) is 4.79 Å². The van der Waals surface area contributed by atoms with E-state index in [1.807, 2.05) is 0 Å². The van der Waals surface area contributed by atoms with Crippen molar-refractivity contribution in [2.24, 2.45) is 0 Å². The molecule has 0 aliphatic heterocycles. The molecule has 0 saturated heterocycles. The number of rotatable bonds is 6. The number of hydrogen-bond acceptors (Lipinski definition) is 5. The summed E-state index contributed by atoms with van der Waals surface area (Å²) in [4.78, 5) is 22.4. The molecule has 2 fully saturated rings. The average molecular weight is 437 g/mol. The number of carbonyl (C=O) groups excluding carboxylic acids is 2. The van der Waals surface area contributed by atoms with Crippen molar-refractivity contribution in [1.29, 1.82) is 0 Å². The summed E-state index contributed by atoms with van der Waals surface area (Å²) in [5.74, 6) is -0.947. The van der Waals surface area contributed by atoms with Gasteiger partial charge in [-0.15, -0.1) is 0 Å². The monoisotopic (exact) mass is 436 g/mol. The normalized spacial score (nSPS) is 19.1. The molecule has 0 spiro atoms. The molecule has 176 valence electrons. The molecule has 7 heteroatoms. The maximum absolute atomic E-state index is 11.4. The molecule has 1 atom stereocenters. The van der Waals surface area contributed by atoms with Crippen LogP contribution >= 0.6 is 0 Å². The van der Waals surface area contributed by atoms with Crippen molar-refractivity contribution in [2.75, 3.05) is 0 Å². The van der Waals surface area contributed by atoms with Crippen molar-refractivity contribution in [3.05, 3.63) is 24.2 Å². The first kappa shape index (κ1) is 25.2. The fraction of sp³-hybridized carbons (Fsp3) is 0.750. The van der Waals surface area contributed by atoms with Crippen molar-refractivity contribution in [2.45, 2.75) is 115 Å². The minimum atomic E-state index is -1.39. The van der Waals surface area contributed by atoms with Crippen molar-refractivity contribution >= 4 is 12.1 Å². The van der Waals surface area contributed by atoms with Gasteiger partial charge < -0.3 is 29.7 Å². The lowest BCUT2D eigenvalue weighted by Gasteiger charge is -2.27. The van der Waals surface area contributed by atoms with E-state index < -0.39 is 23.7 Å². The largest absolute Gasteiger partial charge is 0.548 e. The fourth-order valence-electron chi connectivity index (χ4n) is 4.31. The number of quaternary nitrogens is 1. The van der Waals surface area contributed by atoms with Gasteiger partial charge in [0.2, 0.25) is 0 Å². The number of amides is 1. The molecule has 0 aromatic carbocycles. The van der Waals surface area contributed by atoms with Crippen molar-refractivity contribution in [1.82, 2.24) is 5.32 Å². The van der Waals surface area contributed by atoms with Crippen LogP contribution in [0.1, 0.15) is 90.7 Å². The first-order valence-corrected chi connectivity index (χ1v) is 11.8. The van der Waals surface area contributed by atoms with Crippen LogP contribution in [0.15, 0.2) is 22.8 Å². The van der Waals surface area contributed by atoms with Crippen LogP contribution in [0.3, 0.4) is 0 Å². The summed E-state index contributed by atoms with van der Waals surface area (Å²) in [6, 6.07) is 4.06. The van der Waals surface area contributed by atoms with Crippen LogP contribution in [0, 0.1) is 0 Å². The lowest BCUT2D eigenvalue weighted by molar-refractivity contribution is -0.725. The number of carboxylic acids is 1. The molecular weight excluding hydrogens is 396 g/mol. The molecule has 0 bridgehead atoms. The Hall–Kier alpha value is -2.02. The van der Waals surface area contributed by atoms with Crippen LogP contribution < -0.4 is 15.7 Å². The maximum Gasteiger partial charge on any atom is 0.408 e. The standard InChI is InChI=1S/C12H17NO5.C12H23N/c1-12(2,3)18-11(16)13-9(10(14)15)7-8-5-4-6-17-8;1-3-7-11(8-4-1)13-12-9-5-2-6-10-12/h4-6,9H,7H2,1-3H3,(H,13,16)(H,14,15);11-13H,1-10H2/t9-;/m0./s1. The van der Waals surface area contributed by atoms with Crippen LogP contribution in [0.2, 0.25) is 0 Å². The highest BCUT2D eigenvalue weighted by Crippen LogP contribution is 2.18. The third-order valence-electron chi connectivity index (χ3n) is 5.80. The molecule has 1 aromatic rings. The van der Waals surface area contributed by atoms with Crippen molar-refractivity contribution < 1.29 is 29.2 Å². The van der Waals surface area contributed by atoms with E-state index in [9.17, 15) is 14.7 Å². The smallest absolute Gasteiger partial charge is 0.408 e. The summed E-state index contributed by atoms with van der Waals surface area (Å²) in [7, 11) is 0. The quantitative estimate of drug-likeness (QED) is 0.713. The van der Waals surface area contributed by atoms with E-state index in [4.69, 9.17) is 9.15 Å². The van der Waals surface area contributed by atoms with Gasteiger partial charge in [-0.3, -0.25) is 0 Å². The summed E-state index contributed by atoms with van der Waals surface area (Å²) in [6.45, 7) is 5.06. The molecule has 2 aliphatic carbocycles. The lowest BCUT2D eigenvalue weighted by Crippen LogP contribution is -2.95. The Morgan fingerprint density at radius 2 is 1.65 bits per heavy atom. The Morgan fingerprint density at radius 1 is 1.10 bits per heavy atom. The highest BCUT2D eigenvalue weighted by atomic mass is 16.6. The molecule has 0 radical (unpaired) electrons. The minimum Gasteiger partial charge on any atom is -0.548 e. The van der Waals surface area contributed by atoms with E-state index in [2.05, 4.69) is 10.6 Å². The van der Waals surface area contributed by atoms with Crippen molar-refractivity contribution in [3.8, 4) is 0 Å². The Balaban J connectivity index is 0.000000231. The second-order valence-electron chi connectivity index (χ2n) is 9.79. The zero-order valence-electron chi connectivity index (χ0n) is 19.4. The van der Waals surface area contributed by atoms with E-state index in [1.54, 1.807) is 32.9 Å². The van der Waals surface area contributed by atoms with Gasteiger partial charge in [0.25, 0.3) is 0 Å².